The highest BCUT2D eigenvalue weighted by Gasteiger charge is 2.42. The predicted molar refractivity (Wildman–Crippen MR) is 114 cm³/mol. The lowest BCUT2D eigenvalue weighted by atomic mass is 9.98. The summed E-state index contributed by atoms with van der Waals surface area (Å²) in [5, 5.41) is 0.515. The molecule has 5 nitrogen and oxygen atoms in total. The molecule has 0 saturated carbocycles. The van der Waals surface area contributed by atoms with Crippen LogP contribution < -0.4 is 5.43 Å². The van der Waals surface area contributed by atoms with Crippen LogP contribution in [0.2, 0.25) is 0 Å². The summed E-state index contributed by atoms with van der Waals surface area (Å²) in [4.78, 5) is 32.7. The van der Waals surface area contributed by atoms with E-state index in [0.29, 0.717) is 23.1 Å². The van der Waals surface area contributed by atoms with Gasteiger partial charge in [0.25, 0.3) is 5.91 Å². The highest BCUT2D eigenvalue weighted by Crippen LogP contribution is 2.39. The van der Waals surface area contributed by atoms with Crippen LogP contribution in [0.1, 0.15) is 45.8 Å². The number of pyridine rings is 1. The van der Waals surface area contributed by atoms with Crippen LogP contribution in [0.4, 0.5) is 0 Å². The van der Waals surface area contributed by atoms with Gasteiger partial charge in [-0.25, -0.2) is 0 Å². The van der Waals surface area contributed by atoms with Crippen LogP contribution in [0, 0.1) is 0 Å². The molecule has 0 fully saturated rings. The third-order valence-electron chi connectivity index (χ3n) is 5.66. The molecule has 0 spiro atoms. The van der Waals surface area contributed by atoms with Crippen molar-refractivity contribution in [3.63, 3.8) is 0 Å². The Morgan fingerprint density at radius 2 is 1.73 bits per heavy atom. The Labute approximate surface area is 173 Å². The van der Waals surface area contributed by atoms with Crippen molar-refractivity contribution >= 4 is 16.9 Å². The number of benzene rings is 2. The molecule has 0 N–H and O–H groups in total. The minimum absolute atomic E-state index is 0.134. The first-order chi connectivity index (χ1) is 14.7. The Balaban J connectivity index is 1.73. The van der Waals surface area contributed by atoms with Crippen molar-refractivity contribution in [1.29, 1.82) is 0 Å². The van der Waals surface area contributed by atoms with Crippen molar-refractivity contribution in [3.8, 4) is 0 Å². The molecule has 0 bridgehead atoms. The van der Waals surface area contributed by atoms with E-state index in [1.807, 2.05) is 61.5 Å². The summed E-state index contributed by atoms with van der Waals surface area (Å²) in [7, 11) is 0. The fourth-order valence-electron chi connectivity index (χ4n) is 4.12. The number of carbonyl (C=O) groups excluding carboxylic acids is 1. The Morgan fingerprint density at radius 3 is 2.47 bits per heavy atom. The van der Waals surface area contributed by atoms with Crippen molar-refractivity contribution in [2.75, 3.05) is 0 Å². The minimum atomic E-state index is -0.512. The SMILES string of the molecule is CCc1ccc2oc3c(c(=O)c2c1)C(c1ccncc1)N(Cc1ccccc1)C3=O. The van der Waals surface area contributed by atoms with Crippen molar-refractivity contribution in [3.05, 3.63) is 111 Å². The van der Waals surface area contributed by atoms with Gasteiger partial charge < -0.3 is 9.32 Å². The van der Waals surface area contributed by atoms with Crippen LogP contribution in [0.3, 0.4) is 0 Å². The van der Waals surface area contributed by atoms with Gasteiger partial charge in [0.1, 0.15) is 5.58 Å². The zero-order valence-corrected chi connectivity index (χ0v) is 16.5. The largest absolute Gasteiger partial charge is 0.450 e. The third kappa shape index (κ3) is 2.90. The molecule has 5 rings (SSSR count). The quantitative estimate of drug-likeness (QED) is 0.510. The minimum Gasteiger partial charge on any atom is -0.450 e. The summed E-state index contributed by atoms with van der Waals surface area (Å²) in [5.74, 6) is -0.135. The maximum absolute atomic E-state index is 13.6. The number of fused-ring (bicyclic) bond motifs is 2. The van der Waals surface area contributed by atoms with E-state index < -0.39 is 6.04 Å². The zero-order chi connectivity index (χ0) is 20.7. The van der Waals surface area contributed by atoms with Crippen molar-refractivity contribution in [2.24, 2.45) is 0 Å². The summed E-state index contributed by atoms with van der Waals surface area (Å²) in [5.41, 5.74) is 3.59. The van der Waals surface area contributed by atoms with Crippen LogP contribution in [0.5, 0.6) is 0 Å². The number of hydrogen-bond acceptors (Lipinski definition) is 4. The molecule has 1 atom stereocenters. The van der Waals surface area contributed by atoms with E-state index in [1.165, 1.54) is 0 Å². The summed E-state index contributed by atoms with van der Waals surface area (Å²) in [6.45, 7) is 2.42. The first-order valence-electron chi connectivity index (χ1n) is 10.0. The van der Waals surface area contributed by atoms with Gasteiger partial charge in [-0.3, -0.25) is 14.6 Å². The lowest BCUT2D eigenvalue weighted by molar-refractivity contribution is 0.0714. The molecule has 3 heterocycles. The smallest absolute Gasteiger partial charge is 0.291 e. The second kappa shape index (κ2) is 7.26. The summed E-state index contributed by atoms with van der Waals surface area (Å²) < 4.78 is 6.01. The number of carbonyl (C=O) groups is 1. The monoisotopic (exact) mass is 396 g/mol. The molecule has 2 aromatic carbocycles. The second-order valence-corrected chi connectivity index (χ2v) is 7.46. The number of hydrogen-bond donors (Lipinski definition) is 0. The Hall–Kier alpha value is -3.73. The lowest BCUT2D eigenvalue weighted by Crippen LogP contribution is -2.29. The van der Waals surface area contributed by atoms with Crippen molar-refractivity contribution in [1.82, 2.24) is 9.88 Å². The Morgan fingerprint density at radius 1 is 0.967 bits per heavy atom. The molecule has 0 saturated heterocycles. The van der Waals surface area contributed by atoms with Crippen LogP contribution in [0.15, 0.2) is 82.3 Å². The summed E-state index contributed by atoms with van der Waals surface area (Å²) in [6, 6.07) is 18.5. The van der Waals surface area contributed by atoms with Crippen LogP contribution in [0.25, 0.3) is 11.0 Å². The van der Waals surface area contributed by atoms with E-state index in [0.717, 1.165) is 23.1 Å². The Bertz CT molecular complexity index is 1300. The number of amides is 1. The van der Waals surface area contributed by atoms with Gasteiger partial charge in [0.05, 0.1) is 17.0 Å². The third-order valence-corrected chi connectivity index (χ3v) is 5.66. The molecule has 4 aromatic rings. The standard InChI is InChI=1S/C25H20N2O3/c1-2-16-8-9-20-19(14-16)23(28)21-22(18-10-12-26-13-11-18)27(25(29)24(21)30-20)15-17-6-4-3-5-7-17/h3-14,22H,2,15H2,1H3. The fraction of sp³-hybridized carbons (Fsp3) is 0.160. The van der Waals surface area contributed by atoms with Gasteiger partial charge in [-0.1, -0.05) is 43.3 Å². The van der Waals surface area contributed by atoms with Gasteiger partial charge in [0.15, 0.2) is 5.43 Å². The fourth-order valence-corrected chi connectivity index (χ4v) is 4.12. The normalized spacial score (nSPS) is 15.6. The lowest BCUT2D eigenvalue weighted by Gasteiger charge is -2.25. The molecule has 1 unspecified atom stereocenters. The van der Waals surface area contributed by atoms with E-state index in [4.69, 9.17) is 4.42 Å². The zero-order valence-electron chi connectivity index (χ0n) is 16.5. The average molecular weight is 396 g/mol. The molecule has 0 aliphatic carbocycles. The molecule has 2 aromatic heterocycles. The molecule has 1 amide bonds. The highest BCUT2D eigenvalue weighted by atomic mass is 16.3. The van der Waals surface area contributed by atoms with E-state index in [2.05, 4.69) is 4.98 Å². The maximum Gasteiger partial charge on any atom is 0.291 e. The average Bonchev–Trinajstić information content (AvgIpc) is 3.07. The molecule has 0 radical (unpaired) electrons. The first kappa shape index (κ1) is 18.3. The van der Waals surface area contributed by atoms with E-state index >= 15 is 0 Å². The first-order valence-corrected chi connectivity index (χ1v) is 10.0. The van der Waals surface area contributed by atoms with E-state index in [9.17, 15) is 9.59 Å². The summed E-state index contributed by atoms with van der Waals surface area (Å²) >= 11 is 0. The number of aryl methyl sites for hydroxylation is 1. The number of nitrogens with zero attached hydrogens (tertiary/aromatic N) is 2. The molecular formula is C25H20N2O3. The van der Waals surface area contributed by atoms with Gasteiger partial charge in [-0.2, -0.15) is 0 Å². The van der Waals surface area contributed by atoms with E-state index in [1.54, 1.807) is 23.4 Å². The molecular weight excluding hydrogens is 376 g/mol. The second-order valence-electron chi connectivity index (χ2n) is 7.46. The van der Waals surface area contributed by atoms with Crippen LogP contribution >= 0.6 is 0 Å². The van der Waals surface area contributed by atoms with Gasteiger partial charge in [-0.15, -0.1) is 0 Å². The topological polar surface area (TPSA) is 63.4 Å². The molecule has 148 valence electrons. The van der Waals surface area contributed by atoms with Gasteiger partial charge in [0.2, 0.25) is 5.76 Å². The van der Waals surface area contributed by atoms with Crippen molar-refractivity contribution in [2.45, 2.75) is 25.9 Å². The Kier molecular flexibility index (Phi) is 4.43. The van der Waals surface area contributed by atoms with Gasteiger partial charge >= 0.3 is 0 Å². The summed E-state index contributed by atoms with van der Waals surface area (Å²) in [6.07, 6.45) is 4.17. The van der Waals surface area contributed by atoms with Crippen molar-refractivity contribution < 1.29 is 9.21 Å². The van der Waals surface area contributed by atoms with E-state index in [-0.39, 0.29) is 17.1 Å². The molecule has 5 heteroatoms. The van der Waals surface area contributed by atoms with Crippen LogP contribution in [-0.4, -0.2) is 15.8 Å². The predicted octanol–water partition coefficient (Wildman–Crippen LogP) is 4.50. The van der Waals surface area contributed by atoms with Gasteiger partial charge in [0, 0.05) is 18.9 Å². The molecule has 1 aliphatic rings. The maximum atomic E-state index is 13.6. The van der Waals surface area contributed by atoms with Crippen LogP contribution in [-0.2, 0) is 13.0 Å². The number of aromatic nitrogens is 1. The highest BCUT2D eigenvalue weighted by molar-refractivity contribution is 5.99. The molecule has 1 aliphatic heterocycles. The number of rotatable bonds is 4. The molecule has 30 heavy (non-hydrogen) atoms. The van der Waals surface area contributed by atoms with Gasteiger partial charge in [-0.05, 0) is 47.4 Å².